The summed E-state index contributed by atoms with van der Waals surface area (Å²) in [5.41, 5.74) is -2.72. The van der Waals surface area contributed by atoms with Gasteiger partial charge in [-0.25, -0.2) is 0 Å². The summed E-state index contributed by atoms with van der Waals surface area (Å²) < 4.78 is 6.86. The fourth-order valence-electron chi connectivity index (χ4n) is 7.17. The molecule has 194 valence electrons. The van der Waals surface area contributed by atoms with Crippen LogP contribution < -0.4 is 0 Å². The molecule has 0 aliphatic carbocycles. The average Bonchev–Trinajstić information content (AvgIpc) is 3.03. The highest BCUT2D eigenvalue weighted by molar-refractivity contribution is 6.00. The van der Waals surface area contributed by atoms with Gasteiger partial charge in [0.05, 0.1) is 24.0 Å². The van der Waals surface area contributed by atoms with Crippen LogP contribution >= 0.6 is 0 Å². The van der Waals surface area contributed by atoms with Crippen molar-refractivity contribution >= 4 is 17.7 Å². The van der Waals surface area contributed by atoms with Crippen LogP contribution in [0.3, 0.4) is 0 Å². The Bertz CT molecular complexity index is 966. The van der Waals surface area contributed by atoms with E-state index < -0.39 is 34.6 Å². The minimum Gasteiger partial charge on any atom is -0.395 e. The zero-order valence-corrected chi connectivity index (χ0v) is 22.2. The van der Waals surface area contributed by atoms with E-state index in [1.54, 1.807) is 11.9 Å². The maximum absolute atomic E-state index is 14.4. The fraction of sp³-hybridized carbons (Fsp3) is 0.741. The van der Waals surface area contributed by atoms with Gasteiger partial charge in [0, 0.05) is 32.2 Å². The van der Waals surface area contributed by atoms with Crippen LogP contribution in [0.1, 0.15) is 54.4 Å². The molecule has 8 nitrogen and oxygen atoms in total. The summed E-state index contributed by atoms with van der Waals surface area (Å²) in [6.45, 7) is 13.1. The molecule has 5 atom stereocenters. The monoisotopic (exact) mass is 487 g/mol. The molecular formula is C27H41N3O5. The first-order valence-corrected chi connectivity index (χ1v) is 12.8. The molecule has 2 fully saturated rings. The number of carbonyl (C=O) groups excluding carboxylic acids is 3. The summed E-state index contributed by atoms with van der Waals surface area (Å²) in [6.07, 6.45) is 8.92. The summed E-state index contributed by atoms with van der Waals surface area (Å²) in [4.78, 5) is 46.9. The smallest absolute Gasteiger partial charge is 0.249 e. The number of nitrogens with zero attached hydrogens (tertiary/aromatic N) is 3. The van der Waals surface area contributed by atoms with E-state index in [-0.39, 0.29) is 36.3 Å². The van der Waals surface area contributed by atoms with Crippen LogP contribution in [0.5, 0.6) is 0 Å². The van der Waals surface area contributed by atoms with Gasteiger partial charge in [0.15, 0.2) is 0 Å². The van der Waals surface area contributed by atoms with E-state index in [0.29, 0.717) is 19.5 Å². The second-order valence-electron chi connectivity index (χ2n) is 12.4. The quantitative estimate of drug-likeness (QED) is 0.599. The summed E-state index contributed by atoms with van der Waals surface area (Å²) >= 11 is 0. The molecule has 0 radical (unpaired) electrons. The maximum atomic E-state index is 14.4. The van der Waals surface area contributed by atoms with Crippen LogP contribution in [-0.2, 0) is 19.1 Å². The largest absolute Gasteiger partial charge is 0.395 e. The molecule has 4 aliphatic heterocycles. The van der Waals surface area contributed by atoms with Crippen molar-refractivity contribution < 1.29 is 24.2 Å². The van der Waals surface area contributed by atoms with Crippen LogP contribution in [0.4, 0.5) is 0 Å². The van der Waals surface area contributed by atoms with E-state index >= 15 is 0 Å². The Morgan fingerprint density at radius 3 is 2.26 bits per heavy atom. The highest BCUT2D eigenvalue weighted by Crippen LogP contribution is 2.58. The van der Waals surface area contributed by atoms with E-state index in [4.69, 9.17) is 4.74 Å². The van der Waals surface area contributed by atoms with Crippen LogP contribution in [0.2, 0.25) is 0 Å². The number of aliphatic hydroxyl groups excluding tert-OH is 1. The normalized spacial score (nSPS) is 35.3. The first kappa shape index (κ1) is 25.9. The van der Waals surface area contributed by atoms with Gasteiger partial charge in [-0.05, 0) is 32.1 Å². The van der Waals surface area contributed by atoms with E-state index in [2.05, 4.69) is 34.6 Å². The number of hydrogen-bond donors (Lipinski definition) is 1. The van der Waals surface area contributed by atoms with Crippen molar-refractivity contribution in [2.75, 3.05) is 33.3 Å². The number of carbonyl (C=O) groups is 3. The van der Waals surface area contributed by atoms with Crippen molar-refractivity contribution in [2.45, 2.75) is 77.2 Å². The van der Waals surface area contributed by atoms with Crippen molar-refractivity contribution in [3.63, 3.8) is 0 Å². The zero-order valence-electron chi connectivity index (χ0n) is 22.2. The Labute approximate surface area is 208 Å². The number of likely N-dealkylation sites (tertiary alicyclic amines) is 1. The van der Waals surface area contributed by atoms with Gasteiger partial charge in [0.25, 0.3) is 0 Å². The van der Waals surface area contributed by atoms with Gasteiger partial charge < -0.3 is 24.5 Å². The molecule has 1 unspecified atom stereocenters. The molecule has 8 heteroatoms. The second kappa shape index (κ2) is 8.44. The van der Waals surface area contributed by atoms with Gasteiger partial charge in [-0.1, -0.05) is 52.0 Å². The van der Waals surface area contributed by atoms with Gasteiger partial charge in [0.1, 0.15) is 11.6 Å². The molecule has 4 aliphatic rings. The van der Waals surface area contributed by atoms with E-state index in [1.807, 2.05) is 36.1 Å². The lowest BCUT2D eigenvalue weighted by Crippen LogP contribution is -2.60. The number of aliphatic hydroxyl groups is 1. The molecule has 0 aromatic carbocycles. The topological polar surface area (TPSA) is 90.4 Å². The number of rotatable bonds is 5. The van der Waals surface area contributed by atoms with Gasteiger partial charge in [-0.15, -0.1) is 0 Å². The zero-order chi connectivity index (χ0) is 26.0. The Morgan fingerprint density at radius 1 is 1.00 bits per heavy atom. The van der Waals surface area contributed by atoms with E-state index in [0.717, 1.165) is 6.42 Å². The van der Waals surface area contributed by atoms with Crippen molar-refractivity contribution in [3.05, 3.63) is 24.3 Å². The van der Waals surface area contributed by atoms with Crippen molar-refractivity contribution in [2.24, 2.45) is 17.3 Å². The molecule has 0 saturated carbocycles. The molecule has 35 heavy (non-hydrogen) atoms. The SMILES string of the molecule is CC[C@]12C=CCN(C)C(=O)[C@H]1[C@H]1C(=O)N(CCO)C3C(=O)N(C(C)(C)CC(C)(C)C)CC=C[C@@]31O2. The first-order chi connectivity index (χ1) is 16.2. The standard InChI is InChI=1S/C27H41N3O5/c1-8-26-11-9-13-28(7)21(32)18(26)19-22(33)29(15-16-31)20-23(34)30(14-10-12-27(19,20)35-26)25(5,6)17-24(2,3)4/h9-12,18-20,31H,8,13-17H2,1-7H3/t18-,19+,20?,26+,27+/m1/s1. The predicted molar refractivity (Wildman–Crippen MR) is 132 cm³/mol. The third-order valence-electron chi connectivity index (χ3n) is 8.18. The van der Waals surface area contributed by atoms with Gasteiger partial charge in [-0.2, -0.15) is 0 Å². The van der Waals surface area contributed by atoms with Crippen LogP contribution in [0, 0.1) is 17.3 Å². The van der Waals surface area contributed by atoms with Crippen molar-refractivity contribution in [3.8, 4) is 0 Å². The van der Waals surface area contributed by atoms with Gasteiger partial charge in [0.2, 0.25) is 17.7 Å². The summed E-state index contributed by atoms with van der Waals surface area (Å²) in [5.74, 6) is -2.20. The van der Waals surface area contributed by atoms with Crippen molar-refractivity contribution in [1.82, 2.24) is 14.7 Å². The lowest BCUT2D eigenvalue weighted by Gasteiger charge is -2.45. The minimum absolute atomic E-state index is 0.0125. The number of β-amino-alcohol motifs (C(OH)–C–C–N with tert-alkyl or cyclic N) is 1. The molecule has 0 bridgehead atoms. The van der Waals surface area contributed by atoms with Gasteiger partial charge in [-0.3, -0.25) is 14.4 Å². The van der Waals surface area contributed by atoms with Crippen molar-refractivity contribution in [1.29, 1.82) is 0 Å². The summed E-state index contributed by atoms with van der Waals surface area (Å²) in [7, 11) is 1.73. The highest BCUT2D eigenvalue weighted by Gasteiger charge is 2.75. The lowest BCUT2D eigenvalue weighted by atomic mass is 9.73. The third kappa shape index (κ3) is 3.84. The molecule has 4 heterocycles. The number of likely N-dealkylation sites (N-methyl/N-ethyl adjacent to an activating group) is 1. The third-order valence-corrected chi connectivity index (χ3v) is 8.18. The van der Waals surface area contributed by atoms with Crippen LogP contribution in [-0.4, -0.2) is 93.6 Å². The van der Waals surface area contributed by atoms with Gasteiger partial charge >= 0.3 is 0 Å². The van der Waals surface area contributed by atoms with E-state index in [1.165, 1.54) is 4.90 Å². The lowest BCUT2D eigenvalue weighted by molar-refractivity contribution is -0.157. The fourth-order valence-corrected chi connectivity index (χ4v) is 7.17. The number of amides is 3. The van der Waals surface area contributed by atoms with E-state index in [9.17, 15) is 19.5 Å². The molecular weight excluding hydrogens is 446 g/mol. The Kier molecular flexibility index (Phi) is 6.24. The number of hydrogen-bond acceptors (Lipinski definition) is 5. The minimum atomic E-state index is -1.27. The van der Waals surface area contributed by atoms with Crippen LogP contribution in [0.25, 0.3) is 0 Å². The maximum Gasteiger partial charge on any atom is 0.249 e. The predicted octanol–water partition coefficient (Wildman–Crippen LogP) is 1.98. The number of fused-ring (bicyclic) bond motifs is 2. The molecule has 0 aromatic heterocycles. The Balaban J connectivity index is 1.86. The highest BCUT2D eigenvalue weighted by atomic mass is 16.5. The number of ether oxygens (including phenoxy) is 1. The molecule has 2 saturated heterocycles. The molecule has 0 aromatic rings. The van der Waals surface area contributed by atoms with Crippen LogP contribution in [0.15, 0.2) is 24.3 Å². The molecule has 1 N–H and O–H groups in total. The average molecular weight is 488 g/mol. The second-order valence-corrected chi connectivity index (χ2v) is 12.4. The summed E-state index contributed by atoms with van der Waals surface area (Å²) in [5, 5.41) is 9.84. The molecule has 1 spiro atoms. The summed E-state index contributed by atoms with van der Waals surface area (Å²) in [6, 6.07) is -0.938. The Hall–Kier alpha value is -2.19. The molecule has 4 rings (SSSR count). The Morgan fingerprint density at radius 2 is 1.66 bits per heavy atom. The first-order valence-electron chi connectivity index (χ1n) is 12.8. The molecule has 3 amide bonds.